The summed E-state index contributed by atoms with van der Waals surface area (Å²) in [6.07, 6.45) is 2.62. The number of carbonyl (C=O) groups excluding carboxylic acids is 2. The van der Waals surface area contributed by atoms with Crippen molar-refractivity contribution in [1.29, 1.82) is 5.26 Å². The van der Waals surface area contributed by atoms with Crippen molar-refractivity contribution in [3.63, 3.8) is 0 Å². The zero-order valence-electron chi connectivity index (χ0n) is 20.8. The van der Waals surface area contributed by atoms with Gasteiger partial charge in [0.1, 0.15) is 36.1 Å². The molecule has 0 bridgehead atoms. The van der Waals surface area contributed by atoms with E-state index in [-0.39, 0.29) is 24.6 Å². The van der Waals surface area contributed by atoms with E-state index in [2.05, 4.69) is 16.4 Å². The van der Waals surface area contributed by atoms with E-state index in [9.17, 15) is 14.9 Å². The van der Waals surface area contributed by atoms with Crippen LogP contribution in [-0.4, -0.2) is 58.3 Å². The van der Waals surface area contributed by atoms with Gasteiger partial charge in [0.05, 0.1) is 29.3 Å². The van der Waals surface area contributed by atoms with E-state index in [0.29, 0.717) is 46.5 Å². The topological polar surface area (TPSA) is 124 Å². The predicted octanol–water partition coefficient (Wildman–Crippen LogP) is 4.08. The Hall–Kier alpha value is -4.36. The summed E-state index contributed by atoms with van der Waals surface area (Å²) in [6, 6.07) is 12.7. The van der Waals surface area contributed by atoms with Crippen LogP contribution in [0.3, 0.4) is 0 Å². The lowest BCUT2D eigenvalue weighted by Crippen LogP contribution is -2.55. The van der Waals surface area contributed by atoms with Crippen LogP contribution in [0.2, 0.25) is 5.02 Å². The first-order valence-corrected chi connectivity index (χ1v) is 12.5. The van der Waals surface area contributed by atoms with Gasteiger partial charge in [0.25, 0.3) is 0 Å². The first-order chi connectivity index (χ1) is 18.4. The van der Waals surface area contributed by atoms with E-state index in [1.165, 1.54) is 17.6 Å². The number of nitriles is 1. The maximum absolute atomic E-state index is 14.2. The lowest BCUT2D eigenvalue weighted by Gasteiger charge is -2.35. The van der Waals surface area contributed by atoms with Gasteiger partial charge in [0.2, 0.25) is 5.91 Å². The molecule has 0 spiro atoms. The molecule has 0 aliphatic carbocycles. The number of halogens is 1. The summed E-state index contributed by atoms with van der Waals surface area (Å²) in [5.41, 5.74) is 2.26. The molecule has 3 amide bonds. The highest BCUT2D eigenvalue weighted by molar-refractivity contribution is 6.30. The Balaban J connectivity index is 1.69. The third-order valence-corrected chi connectivity index (χ3v) is 6.51. The number of benzene rings is 2. The van der Waals surface area contributed by atoms with E-state index in [0.717, 1.165) is 5.56 Å². The van der Waals surface area contributed by atoms with Crippen molar-refractivity contribution >= 4 is 29.4 Å². The number of rotatable bonds is 5. The summed E-state index contributed by atoms with van der Waals surface area (Å²) in [4.78, 5) is 38.8. The number of nitrogens with zero attached hydrogens (tertiary/aromatic N) is 5. The molecule has 2 aliphatic rings. The first-order valence-electron chi connectivity index (χ1n) is 12.1. The molecule has 10 nitrogen and oxygen atoms in total. The smallest absolute Gasteiger partial charge is 0.326 e. The second-order valence-corrected chi connectivity index (χ2v) is 9.66. The van der Waals surface area contributed by atoms with Crippen LogP contribution >= 0.6 is 11.6 Å². The van der Waals surface area contributed by atoms with Crippen molar-refractivity contribution in [3.05, 3.63) is 82.5 Å². The van der Waals surface area contributed by atoms with Crippen LogP contribution in [0.25, 0.3) is 0 Å². The van der Waals surface area contributed by atoms with E-state index < -0.39 is 12.1 Å². The van der Waals surface area contributed by atoms with Crippen molar-refractivity contribution < 1.29 is 18.7 Å². The molecule has 0 radical (unpaired) electrons. The van der Waals surface area contributed by atoms with Crippen LogP contribution in [-0.2, 0) is 4.79 Å². The van der Waals surface area contributed by atoms with Gasteiger partial charge >= 0.3 is 6.03 Å². The highest BCUT2D eigenvalue weighted by atomic mass is 35.5. The van der Waals surface area contributed by atoms with Gasteiger partial charge in [0, 0.05) is 18.1 Å². The van der Waals surface area contributed by atoms with Crippen molar-refractivity contribution in [2.75, 3.05) is 19.6 Å². The Bertz CT molecular complexity index is 1410. The lowest BCUT2D eigenvalue weighted by atomic mass is 9.97. The quantitative estimate of drug-likeness (QED) is 0.528. The number of ether oxygens (including phenoxy) is 1. The second-order valence-electron chi connectivity index (χ2n) is 9.22. The average molecular weight is 533 g/mol. The fraction of sp³-hybridized carbons (Fsp3) is 0.296. The van der Waals surface area contributed by atoms with E-state index in [1.807, 2.05) is 26.0 Å². The number of urea groups is 1. The fourth-order valence-electron chi connectivity index (χ4n) is 4.62. The number of carbonyl (C=O) groups is 2. The van der Waals surface area contributed by atoms with Gasteiger partial charge in [-0.25, -0.2) is 9.78 Å². The molecule has 3 heterocycles. The summed E-state index contributed by atoms with van der Waals surface area (Å²) in [5.74, 6) is 0.525. The van der Waals surface area contributed by atoms with Gasteiger partial charge in [-0.15, -0.1) is 0 Å². The molecular formula is C27H25ClN6O4. The molecule has 1 aromatic heterocycles. The van der Waals surface area contributed by atoms with Crippen molar-refractivity contribution in [2.45, 2.75) is 32.0 Å². The Morgan fingerprint density at radius 2 is 2.05 bits per heavy atom. The van der Waals surface area contributed by atoms with Crippen LogP contribution in [0, 0.1) is 11.3 Å². The second kappa shape index (κ2) is 10.6. The summed E-state index contributed by atoms with van der Waals surface area (Å²) in [7, 11) is 0. The molecule has 2 unspecified atom stereocenters. The highest BCUT2D eigenvalue weighted by Crippen LogP contribution is 2.45. The average Bonchev–Trinajstić information content (AvgIpc) is 3.57. The Morgan fingerprint density at radius 3 is 2.71 bits per heavy atom. The van der Waals surface area contributed by atoms with E-state index >= 15 is 0 Å². The van der Waals surface area contributed by atoms with Gasteiger partial charge in [0.15, 0.2) is 6.39 Å². The molecule has 1 N–H and O–H groups in total. The summed E-state index contributed by atoms with van der Waals surface area (Å²) < 4.78 is 11.3. The Kier molecular flexibility index (Phi) is 7.03. The highest BCUT2D eigenvalue weighted by Gasteiger charge is 2.46. The number of piperazine rings is 1. The number of amides is 3. The maximum atomic E-state index is 14.2. The normalized spacial score (nSPS) is 19.2. The third kappa shape index (κ3) is 4.93. The number of hydrogen-bond acceptors (Lipinski definition) is 7. The van der Waals surface area contributed by atoms with Gasteiger partial charge in [-0.3, -0.25) is 14.7 Å². The zero-order valence-corrected chi connectivity index (χ0v) is 21.6. The van der Waals surface area contributed by atoms with Crippen LogP contribution in [0.1, 0.15) is 48.3 Å². The summed E-state index contributed by atoms with van der Waals surface area (Å²) >= 11 is 6.18. The molecule has 2 aliphatic heterocycles. The molecule has 0 saturated carbocycles. The number of oxazole rings is 1. The number of aliphatic imine (C=N–C) groups is 1. The van der Waals surface area contributed by atoms with Crippen molar-refractivity contribution in [1.82, 2.24) is 20.1 Å². The van der Waals surface area contributed by atoms with Crippen LogP contribution in [0.5, 0.6) is 5.75 Å². The number of nitrogens with one attached hydrogen (secondary N) is 1. The SMILES string of the molecule is CC(C)Oc1cc(C#N)ccc1C1=NC(c2cocn2)C(c2ccc(Cl)cc2)N1C(=O)N1CCNC(=O)C1. The van der Waals surface area contributed by atoms with Gasteiger partial charge in [-0.1, -0.05) is 23.7 Å². The summed E-state index contributed by atoms with van der Waals surface area (Å²) in [6.45, 7) is 4.38. The molecule has 11 heteroatoms. The third-order valence-electron chi connectivity index (χ3n) is 6.26. The van der Waals surface area contributed by atoms with Gasteiger partial charge in [-0.05, 0) is 49.7 Å². The standard InChI is InChI=1S/C27H25ClN6O4/c1-16(2)38-22-11-17(12-29)3-8-20(22)26-32-24(21-14-37-15-31-21)25(18-4-6-19(28)7-5-18)34(26)27(36)33-10-9-30-23(35)13-33/h3-8,11,14-16,24-25H,9-10,13H2,1-2H3,(H,30,35). The molecule has 2 aromatic carbocycles. The lowest BCUT2D eigenvalue weighted by molar-refractivity contribution is -0.123. The molecular weight excluding hydrogens is 508 g/mol. The van der Waals surface area contributed by atoms with Crippen molar-refractivity contribution in [2.24, 2.45) is 4.99 Å². The minimum atomic E-state index is -0.618. The zero-order chi connectivity index (χ0) is 26.8. The number of amidine groups is 1. The maximum Gasteiger partial charge on any atom is 0.326 e. The largest absolute Gasteiger partial charge is 0.490 e. The minimum absolute atomic E-state index is 0.0761. The Labute approximate surface area is 224 Å². The molecule has 1 fully saturated rings. The number of aromatic nitrogens is 1. The molecule has 2 atom stereocenters. The van der Waals surface area contributed by atoms with Gasteiger partial charge < -0.3 is 19.4 Å². The first kappa shape index (κ1) is 25.3. The molecule has 38 heavy (non-hydrogen) atoms. The molecule has 194 valence electrons. The minimum Gasteiger partial charge on any atom is -0.490 e. The van der Waals surface area contributed by atoms with Crippen LogP contribution in [0.4, 0.5) is 4.79 Å². The number of hydrogen-bond donors (Lipinski definition) is 1. The molecule has 3 aromatic rings. The Morgan fingerprint density at radius 1 is 1.26 bits per heavy atom. The molecule has 5 rings (SSSR count). The predicted molar refractivity (Wildman–Crippen MR) is 139 cm³/mol. The molecule has 1 saturated heterocycles. The van der Waals surface area contributed by atoms with Crippen molar-refractivity contribution in [3.8, 4) is 11.8 Å². The van der Waals surface area contributed by atoms with Crippen LogP contribution in [0.15, 0.2) is 64.5 Å². The van der Waals surface area contributed by atoms with E-state index in [4.69, 9.17) is 25.7 Å². The van der Waals surface area contributed by atoms with Crippen LogP contribution < -0.4 is 10.1 Å². The van der Waals surface area contributed by atoms with E-state index in [1.54, 1.807) is 35.2 Å². The summed E-state index contributed by atoms with van der Waals surface area (Å²) in [5, 5.41) is 12.8. The fourth-order valence-corrected chi connectivity index (χ4v) is 4.74. The van der Waals surface area contributed by atoms with Gasteiger partial charge in [-0.2, -0.15) is 5.26 Å². The monoisotopic (exact) mass is 532 g/mol.